The van der Waals surface area contributed by atoms with Crippen LogP contribution in [-0.4, -0.2) is 41.2 Å². The molecule has 20 heavy (non-hydrogen) atoms. The van der Waals surface area contributed by atoms with Gasteiger partial charge in [0.15, 0.2) is 0 Å². The number of rotatable bonds is 1. The number of aromatic nitrogens is 1. The third kappa shape index (κ3) is 3.70. The molecule has 1 N–H and O–H groups in total. The lowest BCUT2D eigenvalue weighted by molar-refractivity contribution is 0.0113. The van der Waals surface area contributed by atoms with E-state index in [9.17, 15) is 4.79 Å². The van der Waals surface area contributed by atoms with Gasteiger partial charge in [0.25, 0.3) is 0 Å². The number of carbonyl (C=O) groups is 1. The molecule has 110 valence electrons. The Kier molecular flexibility index (Phi) is 4.28. The molecular formula is C15H23N3O2. The molecule has 1 fully saturated rings. The SMILES string of the molecule is Cc1ccnc(C2CNCCN2C(=O)OC(C)(C)C)c1. The molecule has 1 aliphatic rings. The number of nitrogens with one attached hydrogen (secondary N) is 1. The highest BCUT2D eigenvalue weighted by atomic mass is 16.6. The van der Waals surface area contributed by atoms with Crippen LogP contribution in [0.2, 0.25) is 0 Å². The molecule has 1 unspecified atom stereocenters. The van der Waals surface area contributed by atoms with E-state index in [1.165, 1.54) is 0 Å². The van der Waals surface area contributed by atoms with Gasteiger partial charge in [0.2, 0.25) is 0 Å². The van der Waals surface area contributed by atoms with Crippen molar-refractivity contribution >= 4 is 6.09 Å². The van der Waals surface area contributed by atoms with Crippen molar-refractivity contribution in [3.05, 3.63) is 29.6 Å². The van der Waals surface area contributed by atoms with E-state index < -0.39 is 5.60 Å². The Balaban J connectivity index is 2.19. The second kappa shape index (κ2) is 5.79. The highest BCUT2D eigenvalue weighted by Crippen LogP contribution is 2.23. The van der Waals surface area contributed by atoms with Gasteiger partial charge in [0.1, 0.15) is 5.60 Å². The molecule has 1 amide bonds. The van der Waals surface area contributed by atoms with Gasteiger partial charge in [-0.1, -0.05) is 0 Å². The monoisotopic (exact) mass is 277 g/mol. The molecule has 0 aliphatic carbocycles. The van der Waals surface area contributed by atoms with Gasteiger partial charge in [-0.2, -0.15) is 0 Å². The number of pyridine rings is 1. The molecular weight excluding hydrogens is 254 g/mol. The fourth-order valence-electron chi connectivity index (χ4n) is 2.25. The van der Waals surface area contributed by atoms with Gasteiger partial charge in [-0.05, 0) is 45.4 Å². The molecule has 1 aromatic rings. The number of aryl methyl sites for hydroxylation is 1. The van der Waals surface area contributed by atoms with Crippen molar-refractivity contribution in [3.63, 3.8) is 0 Å². The zero-order valence-electron chi connectivity index (χ0n) is 12.6. The van der Waals surface area contributed by atoms with Gasteiger partial charge < -0.3 is 10.1 Å². The van der Waals surface area contributed by atoms with Crippen LogP contribution in [-0.2, 0) is 4.74 Å². The Morgan fingerprint density at radius 1 is 1.50 bits per heavy atom. The van der Waals surface area contributed by atoms with Crippen LogP contribution in [0.4, 0.5) is 4.79 Å². The van der Waals surface area contributed by atoms with E-state index in [2.05, 4.69) is 10.3 Å². The minimum atomic E-state index is -0.480. The third-order valence-electron chi connectivity index (χ3n) is 3.15. The molecule has 0 bridgehead atoms. The Labute approximate surface area is 120 Å². The summed E-state index contributed by atoms with van der Waals surface area (Å²) in [4.78, 5) is 18.5. The molecule has 0 aromatic carbocycles. The van der Waals surface area contributed by atoms with Crippen LogP contribution in [0.15, 0.2) is 18.3 Å². The van der Waals surface area contributed by atoms with Crippen molar-refractivity contribution < 1.29 is 9.53 Å². The van der Waals surface area contributed by atoms with Crippen LogP contribution < -0.4 is 5.32 Å². The van der Waals surface area contributed by atoms with Gasteiger partial charge in [0.05, 0.1) is 11.7 Å². The fourth-order valence-corrected chi connectivity index (χ4v) is 2.25. The predicted octanol–water partition coefficient (Wildman–Crippen LogP) is 2.27. The fraction of sp³-hybridized carbons (Fsp3) is 0.600. The van der Waals surface area contributed by atoms with Crippen LogP contribution >= 0.6 is 0 Å². The van der Waals surface area contributed by atoms with Crippen molar-refractivity contribution in [2.45, 2.75) is 39.3 Å². The first-order valence-electron chi connectivity index (χ1n) is 7.00. The largest absolute Gasteiger partial charge is 0.444 e. The summed E-state index contributed by atoms with van der Waals surface area (Å²) >= 11 is 0. The smallest absolute Gasteiger partial charge is 0.410 e. The molecule has 2 heterocycles. The first-order chi connectivity index (χ1) is 9.37. The van der Waals surface area contributed by atoms with Gasteiger partial charge in [0, 0.05) is 25.8 Å². The standard InChI is InChI=1S/C15H23N3O2/c1-11-5-6-17-12(9-11)13-10-16-7-8-18(13)14(19)20-15(2,3)4/h5-6,9,13,16H,7-8,10H2,1-4H3. The van der Waals surface area contributed by atoms with Gasteiger partial charge >= 0.3 is 6.09 Å². The summed E-state index contributed by atoms with van der Waals surface area (Å²) < 4.78 is 5.49. The van der Waals surface area contributed by atoms with Crippen LogP contribution in [0, 0.1) is 6.92 Å². The molecule has 1 aliphatic heterocycles. The highest BCUT2D eigenvalue weighted by molar-refractivity contribution is 5.69. The van der Waals surface area contributed by atoms with E-state index in [4.69, 9.17) is 4.74 Å². The molecule has 0 saturated carbocycles. The minimum Gasteiger partial charge on any atom is -0.444 e. The first kappa shape index (κ1) is 14.8. The average molecular weight is 277 g/mol. The maximum atomic E-state index is 12.3. The van der Waals surface area contributed by atoms with Crippen LogP contribution in [0.25, 0.3) is 0 Å². The predicted molar refractivity (Wildman–Crippen MR) is 77.5 cm³/mol. The summed E-state index contributed by atoms with van der Waals surface area (Å²) in [6, 6.07) is 3.91. The van der Waals surface area contributed by atoms with Gasteiger partial charge in [-0.3, -0.25) is 9.88 Å². The number of piperazine rings is 1. The quantitative estimate of drug-likeness (QED) is 0.855. The Morgan fingerprint density at radius 2 is 2.25 bits per heavy atom. The summed E-state index contributed by atoms with van der Waals surface area (Å²) in [5.74, 6) is 0. The normalized spacial score (nSPS) is 19.8. The van der Waals surface area contributed by atoms with Crippen molar-refractivity contribution in [1.29, 1.82) is 0 Å². The molecule has 5 nitrogen and oxygen atoms in total. The van der Waals surface area contributed by atoms with Crippen molar-refractivity contribution in [3.8, 4) is 0 Å². The summed E-state index contributed by atoms with van der Waals surface area (Å²) in [5, 5.41) is 3.31. The summed E-state index contributed by atoms with van der Waals surface area (Å²) in [6.45, 7) is 9.79. The van der Waals surface area contributed by atoms with Crippen molar-refractivity contribution in [1.82, 2.24) is 15.2 Å². The summed E-state index contributed by atoms with van der Waals surface area (Å²) in [6.07, 6.45) is 1.51. The van der Waals surface area contributed by atoms with Gasteiger partial charge in [-0.25, -0.2) is 4.79 Å². The molecule has 0 spiro atoms. The second-order valence-electron chi connectivity index (χ2n) is 6.15. The number of hydrogen-bond donors (Lipinski definition) is 1. The topological polar surface area (TPSA) is 54.5 Å². The number of ether oxygens (including phenoxy) is 1. The lowest BCUT2D eigenvalue weighted by Crippen LogP contribution is -2.50. The van der Waals surface area contributed by atoms with E-state index in [1.807, 2.05) is 39.8 Å². The number of carbonyl (C=O) groups excluding carboxylic acids is 1. The minimum absolute atomic E-state index is 0.0708. The molecule has 2 rings (SSSR count). The number of nitrogens with zero attached hydrogens (tertiary/aromatic N) is 2. The summed E-state index contributed by atoms with van der Waals surface area (Å²) in [5.41, 5.74) is 1.57. The van der Waals surface area contributed by atoms with Crippen LogP contribution in [0.1, 0.15) is 38.1 Å². The van der Waals surface area contributed by atoms with E-state index in [-0.39, 0.29) is 12.1 Å². The number of amides is 1. The van der Waals surface area contributed by atoms with Gasteiger partial charge in [-0.15, -0.1) is 0 Å². The Bertz CT molecular complexity index is 482. The average Bonchev–Trinajstić information content (AvgIpc) is 2.37. The van der Waals surface area contributed by atoms with E-state index in [1.54, 1.807) is 11.1 Å². The zero-order valence-corrected chi connectivity index (χ0v) is 12.6. The maximum Gasteiger partial charge on any atom is 0.410 e. The maximum absolute atomic E-state index is 12.3. The molecule has 1 saturated heterocycles. The Morgan fingerprint density at radius 3 is 2.90 bits per heavy atom. The molecule has 5 heteroatoms. The number of hydrogen-bond acceptors (Lipinski definition) is 4. The highest BCUT2D eigenvalue weighted by Gasteiger charge is 2.32. The Hall–Kier alpha value is -1.62. The third-order valence-corrected chi connectivity index (χ3v) is 3.15. The van der Waals surface area contributed by atoms with E-state index in [0.29, 0.717) is 13.1 Å². The molecule has 1 atom stereocenters. The van der Waals surface area contributed by atoms with E-state index in [0.717, 1.165) is 17.8 Å². The lowest BCUT2D eigenvalue weighted by atomic mass is 10.1. The zero-order chi connectivity index (χ0) is 14.8. The van der Waals surface area contributed by atoms with Crippen molar-refractivity contribution in [2.75, 3.05) is 19.6 Å². The summed E-state index contributed by atoms with van der Waals surface area (Å²) in [7, 11) is 0. The lowest BCUT2D eigenvalue weighted by Gasteiger charge is -2.36. The molecule has 1 aromatic heterocycles. The first-order valence-corrected chi connectivity index (χ1v) is 7.00. The van der Waals surface area contributed by atoms with Crippen molar-refractivity contribution in [2.24, 2.45) is 0 Å². The van der Waals surface area contributed by atoms with E-state index >= 15 is 0 Å². The second-order valence-corrected chi connectivity index (χ2v) is 6.15. The van der Waals surface area contributed by atoms with Crippen LogP contribution in [0.3, 0.4) is 0 Å². The van der Waals surface area contributed by atoms with Crippen LogP contribution in [0.5, 0.6) is 0 Å². The molecule has 0 radical (unpaired) electrons.